The first-order chi connectivity index (χ1) is 13.9. The van der Waals surface area contributed by atoms with Gasteiger partial charge in [-0.3, -0.25) is 10.1 Å². The number of nitrogens with zero attached hydrogens (tertiary/aromatic N) is 2. The van der Waals surface area contributed by atoms with Gasteiger partial charge in [0.25, 0.3) is 5.69 Å². The molecule has 0 saturated heterocycles. The number of carbonyl (C=O) groups excluding carboxylic acids is 1. The van der Waals surface area contributed by atoms with Gasteiger partial charge in [-0.2, -0.15) is 0 Å². The van der Waals surface area contributed by atoms with Gasteiger partial charge in [-0.15, -0.1) is 0 Å². The maximum Gasteiger partial charge on any atom is 0.363 e. The van der Waals surface area contributed by atoms with Gasteiger partial charge in [-0.05, 0) is 46.3 Å². The second-order valence-electron chi connectivity index (χ2n) is 5.94. The number of esters is 1. The fourth-order valence-electron chi connectivity index (χ4n) is 2.69. The zero-order chi connectivity index (χ0) is 20.5. The minimum Gasteiger partial charge on any atom is -0.457 e. The van der Waals surface area contributed by atoms with E-state index in [1.807, 2.05) is 18.2 Å². The van der Waals surface area contributed by atoms with Gasteiger partial charge in [0.2, 0.25) is 5.90 Å². The molecular weight excluding hydrogens is 464 g/mol. The van der Waals surface area contributed by atoms with Crippen LogP contribution in [-0.4, -0.2) is 16.8 Å². The SMILES string of the molecule is O=C1OC(c2ccccc2Br)=N/C1=C\c1ccc(-c2ccc([N+](=O)[O-])cc2Cl)o1. The summed E-state index contributed by atoms with van der Waals surface area (Å²) in [4.78, 5) is 26.7. The summed E-state index contributed by atoms with van der Waals surface area (Å²) in [5.41, 5.74) is 1.12. The van der Waals surface area contributed by atoms with Gasteiger partial charge in [-0.25, -0.2) is 9.79 Å². The lowest BCUT2D eigenvalue weighted by atomic mass is 10.1. The molecule has 29 heavy (non-hydrogen) atoms. The maximum atomic E-state index is 12.2. The van der Waals surface area contributed by atoms with Gasteiger partial charge < -0.3 is 9.15 Å². The van der Waals surface area contributed by atoms with Crippen LogP contribution in [0.1, 0.15) is 11.3 Å². The van der Waals surface area contributed by atoms with Crippen LogP contribution in [-0.2, 0) is 9.53 Å². The van der Waals surface area contributed by atoms with Crippen molar-refractivity contribution in [3.05, 3.63) is 91.2 Å². The highest BCUT2D eigenvalue weighted by Gasteiger charge is 2.26. The molecule has 1 aliphatic rings. The first-order valence-electron chi connectivity index (χ1n) is 8.24. The summed E-state index contributed by atoms with van der Waals surface area (Å²) in [7, 11) is 0. The molecule has 0 fully saturated rings. The number of cyclic esters (lactones) is 1. The number of carbonyl (C=O) groups is 1. The van der Waals surface area contributed by atoms with Crippen molar-refractivity contribution in [1.82, 2.24) is 0 Å². The van der Waals surface area contributed by atoms with Crippen molar-refractivity contribution in [3.63, 3.8) is 0 Å². The Kier molecular flexibility index (Phi) is 5.04. The van der Waals surface area contributed by atoms with Crippen molar-refractivity contribution in [2.45, 2.75) is 0 Å². The molecule has 0 radical (unpaired) electrons. The number of nitro groups is 1. The van der Waals surface area contributed by atoms with E-state index < -0.39 is 10.9 Å². The average molecular weight is 474 g/mol. The Morgan fingerprint density at radius 2 is 1.90 bits per heavy atom. The molecule has 1 aromatic heterocycles. The first-order valence-corrected chi connectivity index (χ1v) is 9.41. The predicted molar refractivity (Wildman–Crippen MR) is 111 cm³/mol. The summed E-state index contributed by atoms with van der Waals surface area (Å²) in [6, 6.07) is 14.6. The van der Waals surface area contributed by atoms with E-state index in [-0.39, 0.29) is 22.3 Å². The number of non-ortho nitro benzene ring substituents is 1. The summed E-state index contributed by atoms with van der Waals surface area (Å²) in [6.45, 7) is 0. The number of ether oxygens (including phenoxy) is 1. The number of nitro benzene ring substituents is 1. The molecule has 2 heterocycles. The normalized spacial score (nSPS) is 14.8. The molecule has 3 aromatic rings. The summed E-state index contributed by atoms with van der Waals surface area (Å²) >= 11 is 9.53. The van der Waals surface area contributed by atoms with E-state index in [2.05, 4.69) is 20.9 Å². The van der Waals surface area contributed by atoms with Crippen LogP contribution in [0.15, 0.2) is 74.2 Å². The fraction of sp³-hybridized carbons (Fsp3) is 0. The summed E-state index contributed by atoms with van der Waals surface area (Å²) in [6.07, 6.45) is 1.45. The molecule has 0 N–H and O–H groups in total. The van der Waals surface area contributed by atoms with Crippen LogP contribution in [0.5, 0.6) is 0 Å². The van der Waals surface area contributed by atoms with Gasteiger partial charge in [0.1, 0.15) is 11.5 Å². The van der Waals surface area contributed by atoms with Crippen LogP contribution < -0.4 is 0 Å². The number of furan rings is 1. The Balaban J connectivity index is 1.64. The molecule has 0 saturated carbocycles. The lowest BCUT2D eigenvalue weighted by Crippen LogP contribution is -2.05. The van der Waals surface area contributed by atoms with Crippen LogP contribution in [0, 0.1) is 10.1 Å². The zero-order valence-corrected chi connectivity index (χ0v) is 16.8. The number of hydrogen-bond donors (Lipinski definition) is 0. The third-order valence-electron chi connectivity index (χ3n) is 4.06. The highest BCUT2D eigenvalue weighted by Crippen LogP contribution is 2.33. The van der Waals surface area contributed by atoms with Crippen molar-refractivity contribution in [3.8, 4) is 11.3 Å². The Morgan fingerprint density at radius 1 is 1.10 bits per heavy atom. The molecule has 9 heteroatoms. The third-order valence-corrected chi connectivity index (χ3v) is 5.06. The van der Waals surface area contributed by atoms with E-state index in [9.17, 15) is 14.9 Å². The van der Waals surface area contributed by atoms with E-state index in [1.54, 1.807) is 18.2 Å². The predicted octanol–water partition coefficient (Wildman–Crippen LogP) is 5.62. The Labute approximate surface area is 177 Å². The van der Waals surface area contributed by atoms with Crippen molar-refractivity contribution in [1.29, 1.82) is 0 Å². The average Bonchev–Trinajstić information content (AvgIpc) is 3.29. The van der Waals surface area contributed by atoms with Gasteiger partial charge in [-0.1, -0.05) is 23.7 Å². The second kappa shape index (κ2) is 7.65. The van der Waals surface area contributed by atoms with Gasteiger partial charge in [0, 0.05) is 28.2 Å². The molecule has 4 rings (SSSR count). The molecule has 0 unspecified atom stereocenters. The largest absolute Gasteiger partial charge is 0.457 e. The molecule has 0 amide bonds. The number of aliphatic imine (C=N–C) groups is 1. The van der Waals surface area contributed by atoms with E-state index in [0.717, 1.165) is 4.47 Å². The summed E-state index contributed by atoms with van der Waals surface area (Å²) in [5, 5.41) is 11.0. The molecular formula is C20H10BrClN2O5. The highest BCUT2D eigenvalue weighted by atomic mass is 79.9. The number of hydrogen-bond acceptors (Lipinski definition) is 6. The molecule has 7 nitrogen and oxygen atoms in total. The molecule has 0 aliphatic carbocycles. The lowest BCUT2D eigenvalue weighted by Gasteiger charge is -2.01. The summed E-state index contributed by atoms with van der Waals surface area (Å²) in [5.74, 6) is 0.359. The van der Waals surface area contributed by atoms with Gasteiger partial charge in [0.15, 0.2) is 5.70 Å². The quantitative estimate of drug-likeness (QED) is 0.212. The van der Waals surface area contributed by atoms with E-state index >= 15 is 0 Å². The van der Waals surface area contributed by atoms with Crippen molar-refractivity contribution in [2.75, 3.05) is 0 Å². The first kappa shape index (κ1) is 19.1. The lowest BCUT2D eigenvalue weighted by molar-refractivity contribution is -0.384. The number of benzene rings is 2. The van der Waals surface area contributed by atoms with Crippen molar-refractivity contribution >= 4 is 51.2 Å². The smallest absolute Gasteiger partial charge is 0.363 e. The third kappa shape index (κ3) is 3.85. The Bertz CT molecular complexity index is 1220. The van der Waals surface area contributed by atoms with Crippen LogP contribution in [0.2, 0.25) is 5.02 Å². The topological polar surface area (TPSA) is 94.9 Å². The van der Waals surface area contributed by atoms with E-state index in [4.69, 9.17) is 20.8 Å². The zero-order valence-electron chi connectivity index (χ0n) is 14.5. The molecule has 0 bridgehead atoms. The van der Waals surface area contributed by atoms with Gasteiger partial charge in [0.05, 0.1) is 15.5 Å². The van der Waals surface area contributed by atoms with E-state index in [1.165, 1.54) is 24.3 Å². The molecule has 2 aromatic carbocycles. The van der Waals surface area contributed by atoms with Crippen molar-refractivity contribution < 1.29 is 18.9 Å². The molecule has 1 aliphatic heterocycles. The minimum atomic E-state index is -0.595. The molecule has 144 valence electrons. The van der Waals surface area contributed by atoms with E-state index in [0.29, 0.717) is 22.6 Å². The second-order valence-corrected chi connectivity index (χ2v) is 7.20. The van der Waals surface area contributed by atoms with Crippen molar-refractivity contribution in [2.24, 2.45) is 4.99 Å². The van der Waals surface area contributed by atoms with Crippen LogP contribution in [0.3, 0.4) is 0 Å². The number of rotatable bonds is 4. The van der Waals surface area contributed by atoms with Crippen LogP contribution >= 0.6 is 27.5 Å². The standard InChI is InChI=1S/C20H10BrClN2O5/c21-15-4-2-1-3-13(15)19-23-17(20(25)29-19)10-12-6-8-18(28-12)14-7-5-11(24(26)27)9-16(14)22/h1-10H/b17-10-. The van der Waals surface area contributed by atoms with Crippen LogP contribution in [0.4, 0.5) is 5.69 Å². The Morgan fingerprint density at radius 3 is 2.62 bits per heavy atom. The minimum absolute atomic E-state index is 0.0893. The molecule has 0 atom stereocenters. The highest BCUT2D eigenvalue weighted by molar-refractivity contribution is 9.10. The number of halogens is 2. The Hall–Kier alpha value is -3.23. The van der Waals surface area contributed by atoms with Gasteiger partial charge >= 0.3 is 5.97 Å². The monoisotopic (exact) mass is 472 g/mol. The summed E-state index contributed by atoms with van der Waals surface area (Å²) < 4.78 is 11.7. The van der Waals surface area contributed by atoms with Crippen LogP contribution in [0.25, 0.3) is 17.4 Å². The maximum absolute atomic E-state index is 12.2. The molecule has 0 spiro atoms. The fourth-order valence-corrected chi connectivity index (χ4v) is 3.41.